The third-order valence-electron chi connectivity index (χ3n) is 1.45. The van der Waals surface area contributed by atoms with Crippen LogP contribution in [0, 0.1) is 0 Å². The quantitative estimate of drug-likeness (QED) is 0.643. The maximum atomic E-state index is 4.24. The van der Waals surface area contributed by atoms with Crippen LogP contribution in [0.15, 0.2) is 47.6 Å². The highest BCUT2D eigenvalue weighted by atomic mass is 15.0. The first-order valence-electron chi connectivity index (χ1n) is 4.21. The van der Waals surface area contributed by atoms with Gasteiger partial charge in [-0.15, -0.1) is 0 Å². The summed E-state index contributed by atoms with van der Waals surface area (Å²) in [6.45, 7) is 0. The molecular weight excluding hydrogens is 160 g/mol. The molecule has 0 bridgehead atoms. The zero-order valence-electron chi connectivity index (χ0n) is 8.01. The highest BCUT2D eigenvalue weighted by Gasteiger charge is 1.80. The van der Waals surface area contributed by atoms with E-state index in [0.29, 0.717) is 0 Å². The number of benzene rings is 1. The second-order valence-corrected chi connectivity index (χ2v) is 2.92. The molecule has 0 aliphatic carbocycles. The Morgan fingerprint density at radius 2 is 1.85 bits per heavy atom. The lowest BCUT2D eigenvalue weighted by Gasteiger charge is -2.00. The van der Waals surface area contributed by atoms with Crippen LogP contribution in [0.25, 0.3) is 0 Å². The van der Waals surface area contributed by atoms with Crippen molar-refractivity contribution >= 4 is 11.9 Å². The fourth-order valence-electron chi connectivity index (χ4n) is 0.854. The van der Waals surface area contributed by atoms with Crippen LogP contribution in [0.4, 0.5) is 5.69 Å². The molecule has 2 nitrogen and oxygen atoms in total. The molecule has 1 aromatic carbocycles. The van der Waals surface area contributed by atoms with Gasteiger partial charge in [-0.3, -0.25) is 4.99 Å². The van der Waals surface area contributed by atoms with Gasteiger partial charge in [0, 0.05) is 26.5 Å². The van der Waals surface area contributed by atoms with Crippen molar-refractivity contribution in [3.63, 3.8) is 0 Å². The molecule has 0 saturated heterocycles. The Hall–Kier alpha value is -1.57. The smallest absolute Gasteiger partial charge is 0.0629 e. The van der Waals surface area contributed by atoms with E-state index in [9.17, 15) is 0 Å². The Bertz CT molecular complexity index is 286. The van der Waals surface area contributed by atoms with E-state index in [-0.39, 0.29) is 0 Å². The van der Waals surface area contributed by atoms with Crippen molar-refractivity contribution in [2.45, 2.75) is 0 Å². The summed E-state index contributed by atoms with van der Waals surface area (Å²) in [5, 5.41) is 0. The van der Waals surface area contributed by atoms with Crippen LogP contribution in [0.3, 0.4) is 0 Å². The molecule has 0 unspecified atom stereocenters. The first-order valence-corrected chi connectivity index (χ1v) is 4.21. The topological polar surface area (TPSA) is 15.6 Å². The highest BCUT2D eigenvalue weighted by Crippen LogP contribution is 2.07. The van der Waals surface area contributed by atoms with E-state index in [0.717, 1.165) is 5.69 Å². The largest absolute Gasteiger partial charge is 0.383 e. The average molecular weight is 174 g/mol. The molecule has 0 aliphatic heterocycles. The van der Waals surface area contributed by atoms with E-state index in [1.807, 2.05) is 61.6 Å². The van der Waals surface area contributed by atoms with E-state index in [1.165, 1.54) is 0 Å². The van der Waals surface area contributed by atoms with E-state index >= 15 is 0 Å². The molecule has 0 saturated carbocycles. The van der Waals surface area contributed by atoms with Crippen LogP contribution in [-0.4, -0.2) is 25.2 Å². The molecule has 0 fully saturated rings. The maximum Gasteiger partial charge on any atom is 0.0629 e. The first-order chi connectivity index (χ1) is 6.29. The lowest BCUT2D eigenvalue weighted by atomic mass is 10.3. The Labute approximate surface area is 79.2 Å². The predicted molar refractivity (Wildman–Crippen MR) is 57.4 cm³/mol. The van der Waals surface area contributed by atoms with Gasteiger partial charge in [0.2, 0.25) is 0 Å². The third-order valence-corrected chi connectivity index (χ3v) is 1.45. The van der Waals surface area contributed by atoms with Crippen LogP contribution >= 0.6 is 0 Å². The van der Waals surface area contributed by atoms with Crippen molar-refractivity contribution in [3.05, 3.63) is 42.6 Å². The van der Waals surface area contributed by atoms with E-state index in [4.69, 9.17) is 0 Å². The predicted octanol–water partition coefficient (Wildman–Crippen LogP) is 2.46. The van der Waals surface area contributed by atoms with Crippen molar-refractivity contribution in [2.24, 2.45) is 4.99 Å². The van der Waals surface area contributed by atoms with Gasteiger partial charge in [0.25, 0.3) is 0 Å². The van der Waals surface area contributed by atoms with Crippen LogP contribution in [-0.2, 0) is 0 Å². The zero-order chi connectivity index (χ0) is 9.52. The minimum Gasteiger partial charge on any atom is -0.383 e. The van der Waals surface area contributed by atoms with Crippen molar-refractivity contribution in [2.75, 3.05) is 14.1 Å². The van der Waals surface area contributed by atoms with Crippen LogP contribution < -0.4 is 0 Å². The van der Waals surface area contributed by atoms with E-state index in [2.05, 4.69) is 4.99 Å². The minimum atomic E-state index is 0.978. The molecule has 0 aliphatic rings. The second-order valence-electron chi connectivity index (χ2n) is 2.92. The molecule has 0 aromatic heterocycles. The van der Waals surface area contributed by atoms with Gasteiger partial charge in [0.1, 0.15) is 0 Å². The molecule has 0 spiro atoms. The number of rotatable bonds is 3. The molecule has 0 heterocycles. The molecule has 13 heavy (non-hydrogen) atoms. The van der Waals surface area contributed by atoms with Crippen LogP contribution in [0.2, 0.25) is 0 Å². The summed E-state index contributed by atoms with van der Waals surface area (Å²) in [5.74, 6) is 0. The number of hydrogen-bond acceptors (Lipinski definition) is 2. The van der Waals surface area contributed by atoms with Gasteiger partial charge in [-0.2, -0.15) is 0 Å². The van der Waals surface area contributed by atoms with Gasteiger partial charge in [-0.1, -0.05) is 18.2 Å². The number of para-hydroxylation sites is 1. The number of aliphatic imine (C=N–C) groups is 1. The Kier molecular flexibility index (Phi) is 3.76. The van der Waals surface area contributed by atoms with Crippen LogP contribution in [0.5, 0.6) is 0 Å². The number of hydrogen-bond donors (Lipinski definition) is 0. The van der Waals surface area contributed by atoms with Gasteiger partial charge in [-0.25, -0.2) is 0 Å². The summed E-state index contributed by atoms with van der Waals surface area (Å²) in [5.41, 5.74) is 0.978. The van der Waals surface area contributed by atoms with Gasteiger partial charge in [0.05, 0.1) is 5.69 Å². The fraction of sp³-hybridized carbons (Fsp3) is 0.182. The summed E-state index contributed by atoms with van der Waals surface area (Å²) < 4.78 is 0. The molecule has 1 aromatic rings. The Morgan fingerprint density at radius 1 is 1.15 bits per heavy atom. The summed E-state index contributed by atoms with van der Waals surface area (Å²) in [6, 6.07) is 9.87. The average Bonchev–Trinajstić information content (AvgIpc) is 2.14. The van der Waals surface area contributed by atoms with Gasteiger partial charge in [0.15, 0.2) is 0 Å². The summed E-state index contributed by atoms with van der Waals surface area (Å²) in [4.78, 5) is 6.21. The molecule has 0 radical (unpaired) electrons. The van der Waals surface area contributed by atoms with E-state index < -0.39 is 0 Å². The van der Waals surface area contributed by atoms with Gasteiger partial charge >= 0.3 is 0 Å². The number of allylic oxidation sites excluding steroid dienone is 1. The Balaban J connectivity index is 2.50. The highest BCUT2D eigenvalue weighted by molar-refractivity contribution is 5.74. The molecule has 0 amide bonds. The van der Waals surface area contributed by atoms with Gasteiger partial charge in [-0.05, 0) is 18.2 Å². The minimum absolute atomic E-state index is 0.978. The number of nitrogens with zero attached hydrogens (tertiary/aromatic N) is 2. The second kappa shape index (κ2) is 5.14. The first kappa shape index (κ1) is 9.52. The lowest BCUT2D eigenvalue weighted by molar-refractivity contribution is 0.564. The molecule has 2 heteroatoms. The fourth-order valence-corrected chi connectivity index (χ4v) is 0.854. The molecular formula is C11H14N2. The standard InChI is InChI=1S/C11H14N2/c1-13(2)10-6-9-12-11-7-4-3-5-8-11/h3-10H,1-2H3/b10-6+,12-9?. The van der Waals surface area contributed by atoms with Crippen molar-refractivity contribution in [3.8, 4) is 0 Å². The normalized spacial score (nSPS) is 11.2. The van der Waals surface area contributed by atoms with Crippen molar-refractivity contribution in [1.29, 1.82) is 0 Å². The summed E-state index contributed by atoms with van der Waals surface area (Å²) >= 11 is 0. The lowest BCUT2D eigenvalue weighted by Crippen LogP contribution is -1.99. The van der Waals surface area contributed by atoms with Gasteiger partial charge < -0.3 is 4.90 Å². The Morgan fingerprint density at radius 3 is 2.46 bits per heavy atom. The van der Waals surface area contributed by atoms with E-state index in [1.54, 1.807) is 6.21 Å². The molecule has 0 N–H and O–H groups in total. The molecule has 68 valence electrons. The SMILES string of the molecule is CN(C)/C=C/C=Nc1ccccc1. The monoisotopic (exact) mass is 174 g/mol. The molecule has 0 atom stereocenters. The summed E-state index contributed by atoms with van der Waals surface area (Å²) in [7, 11) is 3.96. The summed E-state index contributed by atoms with van der Waals surface area (Å²) in [6.07, 6.45) is 5.65. The maximum absolute atomic E-state index is 4.24. The molecule has 1 rings (SSSR count). The third kappa shape index (κ3) is 4.11. The van der Waals surface area contributed by atoms with Crippen LogP contribution in [0.1, 0.15) is 0 Å². The van der Waals surface area contributed by atoms with Crippen molar-refractivity contribution < 1.29 is 0 Å². The zero-order valence-corrected chi connectivity index (χ0v) is 8.01. The van der Waals surface area contributed by atoms with Crippen molar-refractivity contribution in [1.82, 2.24) is 4.90 Å².